The third-order valence-electron chi connectivity index (χ3n) is 3.28. The van der Waals surface area contributed by atoms with Crippen molar-refractivity contribution < 1.29 is 9.84 Å². The van der Waals surface area contributed by atoms with Crippen molar-refractivity contribution in [2.75, 3.05) is 19.7 Å². The smallest absolute Gasteiger partial charge is 0.127 e. The number of halogens is 1. The van der Waals surface area contributed by atoms with Crippen LogP contribution in [0, 0.1) is 0 Å². The summed E-state index contributed by atoms with van der Waals surface area (Å²) in [6.07, 6.45) is 0.931. The molecule has 0 amide bonds. The van der Waals surface area contributed by atoms with Crippen LogP contribution in [0.2, 0.25) is 5.02 Å². The second kappa shape index (κ2) is 5.70. The first-order valence-electron chi connectivity index (χ1n) is 6.78. The Bertz CT molecular complexity index is 454. The maximum absolute atomic E-state index is 9.95. The van der Waals surface area contributed by atoms with Crippen molar-refractivity contribution in [1.82, 2.24) is 4.90 Å². The number of likely N-dealkylation sites (N-methyl/N-ethyl adjacent to an activating group) is 1. The molecule has 2 rings (SSSR count). The minimum atomic E-state index is -0.696. The van der Waals surface area contributed by atoms with Gasteiger partial charge in [-0.05, 0) is 38.1 Å². The molecule has 0 spiro atoms. The van der Waals surface area contributed by atoms with Gasteiger partial charge in [-0.1, -0.05) is 18.5 Å². The van der Waals surface area contributed by atoms with Gasteiger partial charge in [0, 0.05) is 30.1 Å². The fraction of sp³-hybridized carbons (Fsp3) is 0.600. The average molecular weight is 284 g/mol. The van der Waals surface area contributed by atoms with Gasteiger partial charge in [-0.3, -0.25) is 4.90 Å². The SMILES string of the molecule is CCN(Cc1cc(Cl)cc2c1OCC2)CC(C)(C)O. The van der Waals surface area contributed by atoms with E-state index in [2.05, 4.69) is 11.8 Å². The van der Waals surface area contributed by atoms with Gasteiger partial charge in [-0.15, -0.1) is 0 Å². The summed E-state index contributed by atoms with van der Waals surface area (Å²) in [5, 5.41) is 10.7. The van der Waals surface area contributed by atoms with Gasteiger partial charge in [-0.25, -0.2) is 0 Å². The van der Waals surface area contributed by atoms with Gasteiger partial charge in [0.1, 0.15) is 5.75 Å². The fourth-order valence-electron chi connectivity index (χ4n) is 2.53. The summed E-state index contributed by atoms with van der Waals surface area (Å²) in [6, 6.07) is 3.96. The molecule has 0 bridgehead atoms. The van der Waals surface area contributed by atoms with Crippen molar-refractivity contribution in [2.45, 2.75) is 39.3 Å². The third-order valence-corrected chi connectivity index (χ3v) is 3.50. The van der Waals surface area contributed by atoms with E-state index in [-0.39, 0.29) is 0 Å². The highest BCUT2D eigenvalue weighted by Crippen LogP contribution is 2.33. The van der Waals surface area contributed by atoms with Gasteiger partial charge in [0.15, 0.2) is 0 Å². The molecular weight excluding hydrogens is 262 g/mol. The number of benzene rings is 1. The fourth-order valence-corrected chi connectivity index (χ4v) is 2.79. The zero-order valence-corrected chi connectivity index (χ0v) is 12.6. The van der Waals surface area contributed by atoms with Crippen LogP contribution in [0.15, 0.2) is 12.1 Å². The summed E-state index contributed by atoms with van der Waals surface area (Å²) in [4.78, 5) is 2.20. The molecule has 0 atom stereocenters. The zero-order valence-electron chi connectivity index (χ0n) is 11.9. The van der Waals surface area contributed by atoms with E-state index < -0.39 is 5.60 Å². The Morgan fingerprint density at radius 3 is 2.79 bits per heavy atom. The first-order chi connectivity index (χ1) is 8.89. The number of hydrogen-bond donors (Lipinski definition) is 1. The summed E-state index contributed by atoms with van der Waals surface area (Å²) in [5.41, 5.74) is 1.62. The second-order valence-electron chi connectivity index (χ2n) is 5.77. The highest BCUT2D eigenvalue weighted by Gasteiger charge is 2.22. The summed E-state index contributed by atoms with van der Waals surface area (Å²) in [5.74, 6) is 0.985. The maximum Gasteiger partial charge on any atom is 0.127 e. The molecule has 0 fully saturated rings. The van der Waals surface area contributed by atoms with Crippen LogP contribution in [0.5, 0.6) is 5.75 Å². The quantitative estimate of drug-likeness (QED) is 0.902. The van der Waals surface area contributed by atoms with Crippen LogP contribution in [0.1, 0.15) is 31.9 Å². The van der Waals surface area contributed by atoms with E-state index in [0.29, 0.717) is 6.54 Å². The number of ether oxygens (including phenoxy) is 1. The van der Waals surface area contributed by atoms with Gasteiger partial charge >= 0.3 is 0 Å². The summed E-state index contributed by atoms with van der Waals surface area (Å²) < 4.78 is 5.71. The van der Waals surface area contributed by atoms with Crippen molar-refractivity contribution in [3.05, 3.63) is 28.3 Å². The minimum absolute atomic E-state index is 0.630. The van der Waals surface area contributed by atoms with Crippen molar-refractivity contribution in [2.24, 2.45) is 0 Å². The largest absolute Gasteiger partial charge is 0.493 e. The topological polar surface area (TPSA) is 32.7 Å². The molecule has 1 aliphatic heterocycles. The van der Waals surface area contributed by atoms with Crippen LogP contribution in [0.3, 0.4) is 0 Å². The Labute approximate surface area is 120 Å². The molecule has 1 N–H and O–H groups in total. The average Bonchev–Trinajstić information content (AvgIpc) is 2.74. The highest BCUT2D eigenvalue weighted by atomic mass is 35.5. The number of fused-ring (bicyclic) bond motifs is 1. The lowest BCUT2D eigenvalue weighted by atomic mass is 10.1. The third kappa shape index (κ3) is 3.85. The number of rotatable bonds is 5. The van der Waals surface area contributed by atoms with Crippen molar-refractivity contribution in [3.63, 3.8) is 0 Å². The molecule has 0 radical (unpaired) electrons. The Morgan fingerprint density at radius 1 is 1.42 bits per heavy atom. The van der Waals surface area contributed by atoms with E-state index in [1.54, 1.807) is 0 Å². The van der Waals surface area contributed by atoms with E-state index in [9.17, 15) is 5.11 Å². The molecule has 1 aromatic rings. The molecule has 0 saturated heterocycles. The van der Waals surface area contributed by atoms with Gasteiger partial charge in [0.25, 0.3) is 0 Å². The Hall–Kier alpha value is -0.770. The molecule has 1 heterocycles. The normalized spacial score (nSPS) is 14.6. The first-order valence-corrected chi connectivity index (χ1v) is 7.15. The highest BCUT2D eigenvalue weighted by molar-refractivity contribution is 6.30. The van der Waals surface area contributed by atoms with Gasteiger partial charge in [-0.2, -0.15) is 0 Å². The van der Waals surface area contributed by atoms with Crippen molar-refractivity contribution in [3.8, 4) is 5.75 Å². The molecule has 106 valence electrons. The van der Waals surface area contributed by atoms with Crippen LogP contribution in [0.25, 0.3) is 0 Å². The summed E-state index contributed by atoms with van der Waals surface area (Å²) in [7, 11) is 0. The van der Waals surface area contributed by atoms with Crippen molar-refractivity contribution in [1.29, 1.82) is 0 Å². The Kier molecular flexibility index (Phi) is 4.39. The standard InChI is InChI=1S/C15H22ClNO2/c1-4-17(10-15(2,3)18)9-12-8-13(16)7-11-5-6-19-14(11)12/h7-8,18H,4-6,9-10H2,1-3H3. The van der Waals surface area contributed by atoms with Crippen molar-refractivity contribution >= 4 is 11.6 Å². The minimum Gasteiger partial charge on any atom is -0.493 e. The monoisotopic (exact) mass is 283 g/mol. The molecule has 0 unspecified atom stereocenters. The lowest BCUT2D eigenvalue weighted by Crippen LogP contribution is -2.38. The summed E-state index contributed by atoms with van der Waals surface area (Å²) in [6.45, 7) is 8.75. The lowest BCUT2D eigenvalue weighted by molar-refractivity contribution is 0.0351. The predicted molar refractivity (Wildman–Crippen MR) is 77.9 cm³/mol. The van der Waals surface area contributed by atoms with E-state index >= 15 is 0 Å². The predicted octanol–water partition coefficient (Wildman–Crippen LogP) is 2.87. The molecule has 4 heteroatoms. The summed E-state index contributed by atoms with van der Waals surface area (Å²) >= 11 is 6.16. The van der Waals surface area contributed by atoms with E-state index in [1.165, 1.54) is 5.56 Å². The number of aliphatic hydroxyl groups is 1. The van der Waals surface area contributed by atoms with Gasteiger partial charge in [0.05, 0.1) is 12.2 Å². The number of nitrogens with zero attached hydrogens (tertiary/aromatic N) is 1. The van der Waals surface area contributed by atoms with Crippen LogP contribution in [-0.2, 0) is 13.0 Å². The molecule has 1 aromatic carbocycles. The van der Waals surface area contributed by atoms with E-state index in [0.717, 1.165) is 42.5 Å². The number of hydrogen-bond acceptors (Lipinski definition) is 3. The van der Waals surface area contributed by atoms with Gasteiger partial charge < -0.3 is 9.84 Å². The van der Waals surface area contributed by atoms with Gasteiger partial charge in [0.2, 0.25) is 0 Å². The van der Waals surface area contributed by atoms with E-state index in [1.807, 2.05) is 26.0 Å². The van der Waals surface area contributed by atoms with Crippen LogP contribution in [0.4, 0.5) is 0 Å². The lowest BCUT2D eigenvalue weighted by Gasteiger charge is -2.28. The van der Waals surface area contributed by atoms with Crippen LogP contribution >= 0.6 is 11.6 Å². The molecule has 1 aliphatic rings. The van der Waals surface area contributed by atoms with E-state index in [4.69, 9.17) is 16.3 Å². The maximum atomic E-state index is 9.95. The Balaban J connectivity index is 2.18. The molecule has 19 heavy (non-hydrogen) atoms. The molecule has 0 aliphatic carbocycles. The molecule has 0 aromatic heterocycles. The Morgan fingerprint density at radius 2 is 2.16 bits per heavy atom. The molecule has 3 nitrogen and oxygen atoms in total. The van der Waals surface area contributed by atoms with Crippen LogP contribution < -0.4 is 4.74 Å². The van der Waals surface area contributed by atoms with Crippen LogP contribution in [-0.4, -0.2) is 35.3 Å². The second-order valence-corrected chi connectivity index (χ2v) is 6.20. The first kappa shape index (κ1) is 14.6. The zero-order chi connectivity index (χ0) is 14.0. The molecular formula is C15H22ClNO2. The molecule has 0 saturated carbocycles.